The van der Waals surface area contributed by atoms with Crippen molar-refractivity contribution in [1.82, 2.24) is 10.7 Å². The quantitative estimate of drug-likeness (QED) is 0.511. The first-order valence-corrected chi connectivity index (χ1v) is 7.57. The van der Waals surface area contributed by atoms with E-state index < -0.39 is 17.6 Å². The van der Waals surface area contributed by atoms with Crippen LogP contribution in [0.2, 0.25) is 0 Å². The van der Waals surface area contributed by atoms with Crippen molar-refractivity contribution < 1.29 is 14.0 Å². The van der Waals surface area contributed by atoms with Crippen LogP contribution in [0.4, 0.5) is 4.39 Å². The first-order chi connectivity index (χ1) is 11.7. The Hall–Kier alpha value is -3.02. The number of hydrazone groups is 1. The van der Waals surface area contributed by atoms with E-state index in [1.165, 1.54) is 12.3 Å². The van der Waals surface area contributed by atoms with Crippen LogP contribution in [0, 0.1) is 11.7 Å². The van der Waals surface area contributed by atoms with Crippen molar-refractivity contribution in [2.75, 3.05) is 6.54 Å². The smallest absolute Gasteiger partial charge is 0.253 e. The highest BCUT2D eigenvalue weighted by Gasteiger charge is 2.40. The lowest BCUT2D eigenvalue weighted by Crippen LogP contribution is -2.34. The molecule has 6 heteroatoms. The second kappa shape index (κ2) is 7.04. The highest BCUT2D eigenvalue weighted by atomic mass is 19.1. The lowest BCUT2D eigenvalue weighted by molar-refractivity contribution is -0.133. The van der Waals surface area contributed by atoms with Gasteiger partial charge in [-0.3, -0.25) is 9.59 Å². The van der Waals surface area contributed by atoms with Crippen molar-refractivity contribution in [3.05, 3.63) is 71.5 Å². The molecule has 2 aromatic rings. The molecule has 3 rings (SSSR count). The molecule has 0 spiro atoms. The zero-order valence-corrected chi connectivity index (χ0v) is 12.8. The fourth-order valence-corrected chi connectivity index (χ4v) is 2.75. The molecule has 2 atom stereocenters. The minimum Gasteiger partial charge on any atom is -0.355 e. The molecule has 2 amide bonds. The molecule has 0 aliphatic carbocycles. The Bertz CT molecular complexity index is 777. The van der Waals surface area contributed by atoms with E-state index >= 15 is 0 Å². The van der Waals surface area contributed by atoms with E-state index in [4.69, 9.17) is 0 Å². The Morgan fingerprint density at radius 2 is 1.88 bits per heavy atom. The van der Waals surface area contributed by atoms with Gasteiger partial charge in [-0.2, -0.15) is 5.10 Å². The summed E-state index contributed by atoms with van der Waals surface area (Å²) in [6.07, 6.45) is 1.22. The molecule has 0 radical (unpaired) electrons. The third-order valence-electron chi connectivity index (χ3n) is 3.97. The Labute approximate surface area is 138 Å². The number of rotatable bonds is 4. The van der Waals surface area contributed by atoms with Crippen molar-refractivity contribution >= 4 is 18.0 Å². The van der Waals surface area contributed by atoms with Crippen LogP contribution in [0.25, 0.3) is 0 Å². The van der Waals surface area contributed by atoms with E-state index in [9.17, 15) is 14.0 Å². The van der Waals surface area contributed by atoms with E-state index in [1.807, 2.05) is 30.3 Å². The predicted molar refractivity (Wildman–Crippen MR) is 87.8 cm³/mol. The molecule has 5 nitrogen and oxygen atoms in total. The van der Waals surface area contributed by atoms with E-state index in [-0.39, 0.29) is 17.4 Å². The SMILES string of the molecule is O=C1NCC(c2ccccc2)C1C(=O)NN=Cc1ccccc1F. The van der Waals surface area contributed by atoms with Crippen LogP contribution in [0.15, 0.2) is 59.7 Å². The summed E-state index contributed by atoms with van der Waals surface area (Å²) in [7, 11) is 0. The number of nitrogens with zero attached hydrogens (tertiary/aromatic N) is 1. The van der Waals surface area contributed by atoms with Crippen LogP contribution >= 0.6 is 0 Å². The Kier molecular flexibility index (Phi) is 4.65. The Morgan fingerprint density at radius 3 is 2.62 bits per heavy atom. The summed E-state index contributed by atoms with van der Waals surface area (Å²) in [6.45, 7) is 0.401. The van der Waals surface area contributed by atoms with Crippen molar-refractivity contribution in [1.29, 1.82) is 0 Å². The summed E-state index contributed by atoms with van der Waals surface area (Å²) in [5, 5.41) is 6.47. The van der Waals surface area contributed by atoms with Crippen LogP contribution < -0.4 is 10.7 Å². The van der Waals surface area contributed by atoms with Crippen LogP contribution in [-0.2, 0) is 9.59 Å². The number of carbonyl (C=O) groups excluding carboxylic acids is 2. The molecule has 1 saturated heterocycles. The molecule has 2 aromatic carbocycles. The van der Waals surface area contributed by atoms with Crippen LogP contribution in [-0.4, -0.2) is 24.6 Å². The molecule has 1 heterocycles. The third-order valence-corrected chi connectivity index (χ3v) is 3.97. The van der Waals surface area contributed by atoms with Gasteiger partial charge in [0.25, 0.3) is 5.91 Å². The van der Waals surface area contributed by atoms with Gasteiger partial charge in [0, 0.05) is 18.0 Å². The number of nitrogens with one attached hydrogen (secondary N) is 2. The van der Waals surface area contributed by atoms with E-state index in [0.29, 0.717) is 6.54 Å². The lowest BCUT2D eigenvalue weighted by atomic mass is 9.88. The maximum atomic E-state index is 13.5. The van der Waals surface area contributed by atoms with Crippen molar-refractivity contribution in [2.24, 2.45) is 11.0 Å². The highest BCUT2D eigenvalue weighted by molar-refractivity contribution is 6.03. The standard InChI is InChI=1S/C18H16FN3O2/c19-15-9-5-4-8-13(15)10-21-22-18(24)16-14(11-20-17(16)23)12-6-2-1-3-7-12/h1-10,14,16H,11H2,(H,20,23)(H,22,24). The molecular formula is C18H16FN3O2. The average molecular weight is 325 g/mol. The number of halogens is 1. The summed E-state index contributed by atoms with van der Waals surface area (Å²) in [6, 6.07) is 15.5. The molecule has 24 heavy (non-hydrogen) atoms. The molecule has 1 aliphatic heterocycles. The molecule has 2 N–H and O–H groups in total. The topological polar surface area (TPSA) is 70.6 Å². The summed E-state index contributed by atoms with van der Waals surface area (Å²) >= 11 is 0. The van der Waals surface area contributed by atoms with Gasteiger partial charge in [0.15, 0.2) is 0 Å². The van der Waals surface area contributed by atoms with Gasteiger partial charge in [-0.15, -0.1) is 0 Å². The maximum Gasteiger partial charge on any atom is 0.253 e. The van der Waals surface area contributed by atoms with E-state index in [0.717, 1.165) is 5.56 Å². The number of amides is 2. The van der Waals surface area contributed by atoms with Crippen LogP contribution in [0.3, 0.4) is 0 Å². The van der Waals surface area contributed by atoms with Gasteiger partial charge in [0.2, 0.25) is 5.91 Å². The first kappa shape index (κ1) is 15.9. The summed E-state index contributed by atoms with van der Waals surface area (Å²) in [4.78, 5) is 24.3. The number of hydrogen-bond acceptors (Lipinski definition) is 3. The van der Waals surface area contributed by atoms with Gasteiger partial charge in [0.05, 0.1) is 6.21 Å². The average Bonchev–Trinajstić information content (AvgIpc) is 2.99. The number of hydrogen-bond donors (Lipinski definition) is 2. The minimum absolute atomic E-state index is 0.248. The highest BCUT2D eigenvalue weighted by Crippen LogP contribution is 2.28. The number of benzene rings is 2. The second-order valence-corrected chi connectivity index (χ2v) is 5.50. The number of carbonyl (C=O) groups is 2. The minimum atomic E-state index is -0.856. The summed E-state index contributed by atoms with van der Waals surface area (Å²) in [5.41, 5.74) is 3.50. The monoisotopic (exact) mass is 325 g/mol. The normalized spacial score (nSPS) is 20.1. The summed E-state index contributed by atoms with van der Waals surface area (Å²) in [5.74, 6) is -2.38. The fourth-order valence-electron chi connectivity index (χ4n) is 2.75. The first-order valence-electron chi connectivity index (χ1n) is 7.57. The van der Waals surface area contributed by atoms with Crippen LogP contribution in [0.5, 0.6) is 0 Å². The van der Waals surface area contributed by atoms with E-state index in [2.05, 4.69) is 15.8 Å². The molecule has 2 unspecified atom stereocenters. The van der Waals surface area contributed by atoms with Gasteiger partial charge in [0.1, 0.15) is 11.7 Å². The Morgan fingerprint density at radius 1 is 1.17 bits per heavy atom. The van der Waals surface area contributed by atoms with Gasteiger partial charge in [-0.1, -0.05) is 48.5 Å². The van der Waals surface area contributed by atoms with Gasteiger partial charge in [-0.05, 0) is 11.6 Å². The zero-order chi connectivity index (χ0) is 16.9. The zero-order valence-electron chi connectivity index (χ0n) is 12.8. The Balaban J connectivity index is 1.71. The van der Waals surface area contributed by atoms with Gasteiger partial charge >= 0.3 is 0 Å². The maximum absolute atomic E-state index is 13.5. The lowest BCUT2D eigenvalue weighted by Gasteiger charge is -2.15. The van der Waals surface area contributed by atoms with E-state index in [1.54, 1.807) is 18.2 Å². The molecule has 122 valence electrons. The molecule has 1 aliphatic rings. The van der Waals surface area contributed by atoms with Crippen molar-refractivity contribution in [2.45, 2.75) is 5.92 Å². The van der Waals surface area contributed by atoms with Gasteiger partial charge < -0.3 is 5.32 Å². The molecule has 0 aromatic heterocycles. The molecular weight excluding hydrogens is 309 g/mol. The molecule has 1 fully saturated rings. The van der Waals surface area contributed by atoms with Crippen molar-refractivity contribution in [3.63, 3.8) is 0 Å². The molecule has 0 saturated carbocycles. The van der Waals surface area contributed by atoms with Crippen LogP contribution in [0.1, 0.15) is 17.0 Å². The van der Waals surface area contributed by atoms with Crippen molar-refractivity contribution in [3.8, 4) is 0 Å². The largest absolute Gasteiger partial charge is 0.355 e. The summed E-state index contributed by atoms with van der Waals surface area (Å²) < 4.78 is 13.5. The fraction of sp³-hybridized carbons (Fsp3) is 0.167. The predicted octanol–water partition coefficient (Wildman–Crippen LogP) is 1.81. The second-order valence-electron chi connectivity index (χ2n) is 5.50. The van der Waals surface area contributed by atoms with Gasteiger partial charge in [-0.25, -0.2) is 9.82 Å². The third kappa shape index (κ3) is 3.32. The molecule has 0 bridgehead atoms.